The summed E-state index contributed by atoms with van der Waals surface area (Å²) in [6.45, 7) is 3.54. The first-order valence-corrected chi connectivity index (χ1v) is 6.24. The largest absolute Gasteiger partial charge is 0.481 e. The molecule has 3 N–H and O–H groups in total. The van der Waals surface area contributed by atoms with Crippen LogP contribution in [0.1, 0.15) is 32.3 Å². The molecule has 102 valence electrons. The van der Waals surface area contributed by atoms with Crippen molar-refractivity contribution in [2.45, 2.75) is 38.6 Å². The Balaban J connectivity index is 2.46. The van der Waals surface area contributed by atoms with Gasteiger partial charge in [0.1, 0.15) is 0 Å². The number of carbonyl (C=O) groups excluding carboxylic acids is 1. The molecular weight excluding hydrogens is 244 g/mol. The molecule has 19 heavy (non-hydrogen) atoms. The minimum atomic E-state index is -0.916. The number of anilines is 2. The van der Waals surface area contributed by atoms with E-state index in [-0.39, 0.29) is 12.3 Å². The third-order valence-electron chi connectivity index (χ3n) is 3.39. The van der Waals surface area contributed by atoms with Gasteiger partial charge in [0, 0.05) is 17.8 Å². The number of nitrogen functional groups attached to an aromatic ring is 1. The Morgan fingerprint density at radius 3 is 2.74 bits per heavy atom. The Hall–Kier alpha value is -2.04. The summed E-state index contributed by atoms with van der Waals surface area (Å²) in [5.74, 6) is -0.955. The fourth-order valence-electron chi connectivity index (χ4n) is 2.62. The quantitative estimate of drug-likeness (QED) is 0.813. The Kier molecular flexibility index (Phi) is 3.22. The molecule has 0 aromatic heterocycles. The highest BCUT2D eigenvalue weighted by atomic mass is 16.4. The molecule has 0 saturated heterocycles. The van der Waals surface area contributed by atoms with Gasteiger partial charge < -0.3 is 15.7 Å². The molecule has 5 nitrogen and oxygen atoms in total. The molecule has 0 spiro atoms. The lowest BCUT2D eigenvalue weighted by molar-refractivity contribution is -0.138. The Bertz CT molecular complexity index is 537. The number of fused-ring (bicyclic) bond motifs is 1. The van der Waals surface area contributed by atoms with Gasteiger partial charge in [0.25, 0.3) is 0 Å². The molecule has 0 radical (unpaired) electrons. The number of carboxylic acids is 1. The second-order valence-corrected chi connectivity index (χ2v) is 5.50. The number of carbonyl (C=O) groups is 2. The Morgan fingerprint density at radius 1 is 1.42 bits per heavy atom. The van der Waals surface area contributed by atoms with Crippen LogP contribution >= 0.6 is 0 Å². The van der Waals surface area contributed by atoms with Crippen LogP contribution in [0.4, 0.5) is 11.4 Å². The summed E-state index contributed by atoms with van der Waals surface area (Å²) in [5.41, 5.74) is 7.43. The Labute approximate surface area is 112 Å². The second-order valence-electron chi connectivity index (χ2n) is 5.50. The number of aliphatic carboxylic acids is 1. The van der Waals surface area contributed by atoms with E-state index in [1.54, 1.807) is 30.9 Å². The topological polar surface area (TPSA) is 83.6 Å². The molecule has 0 atom stereocenters. The molecule has 1 heterocycles. The maximum absolute atomic E-state index is 12.2. The van der Waals surface area contributed by atoms with Crippen LogP contribution in [-0.4, -0.2) is 22.5 Å². The van der Waals surface area contributed by atoms with E-state index in [1.807, 2.05) is 6.07 Å². The second kappa shape index (κ2) is 4.57. The lowest BCUT2D eigenvalue weighted by Crippen LogP contribution is -2.51. The molecule has 1 aliphatic rings. The van der Waals surface area contributed by atoms with Crippen LogP contribution in [0.5, 0.6) is 0 Å². The number of hydrogen-bond acceptors (Lipinski definition) is 3. The van der Waals surface area contributed by atoms with Gasteiger partial charge in [0.2, 0.25) is 5.91 Å². The van der Waals surface area contributed by atoms with Gasteiger partial charge in [-0.15, -0.1) is 0 Å². The summed E-state index contributed by atoms with van der Waals surface area (Å²) < 4.78 is 0. The predicted molar refractivity (Wildman–Crippen MR) is 73.0 cm³/mol. The van der Waals surface area contributed by atoms with Crippen molar-refractivity contribution >= 4 is 23.3 Å². The van der Waals surface area contributed by atoms with E-state index >= 15 is 0 Å². The van der Waals surface area contributed by atoms with E-state index < -0.39 is 11.5 Å². The van der Waals surface area contributed by atoms with Crippen molar-refractivity contribution in [3.63, 3.8) is 0 Å². The normalized spacial score (nSPS) is 15.3. The minimum Gasteiger partial charge on any atom is -0.481 e. The van der Waals surface area contributed by atoms with Crippen molar-refractivity contribution in [3.8, 4) is 0 Å². The van der Waals surface area contributed by atoms with Crippen molar-refractivity contribution in [1.82, 2.24) is 0 Å². The Morgan fingerprint density at radius 2 is 2.11 bits per heavy atom. The molecule has 5 heteroatoms. The van der Waals surface area contributed by atoms with E-state index in [1.165, 1.54) is 0 Å². The summed E-state index contributed by atoms with van der Waals surface area (Å²) in [6, 6.07) is 5.39. The number of carboxylic acid groups (broad SMARTS) is 1. The van der Waals surface area contributed by atoms with E-state index in [0.717, 1.165) is 11.3 Å². The van der Waals surface area contributed by atoms with Crippen molar-refractivity contribution in [2.75, 3.05) is 10.6 Å². The van der Waals surface area contributed by atoms with Gasteiger partial charge in [-0.2, -0.15) is 0 Å². The number of amides is 1. The van der Waals surface area contributed by atoms with E-state index in [2.05, 4.69) is 0 Å². The fourth-order valence-corrected chi connectivity index (χ4v) is 2.62. The van der Waals surface area contributed by atoms with Gasteiger partial charge in [0.15, 0.2) is 0 Å². The molecule has 0 unspecified atom stereocenters. The van der Waals surface area contributed by atoms with Crippen LogP contribution in [0.25, 0.3) is 0 Å². The number of nitrogens with two attached hydrogens (primary N) is 1. The van der Waals surface area contributed by atoms with Crippen LogP contribution in [0, 0.1) is 0 Å². The van der Waals surface area contributed by atoms with Crippen molar-refractivity contribution in [3.05, 3.63) is 23.8 Å². The standard InChI is InChI=1S/C14H18N2O3/c1-14(2,8-13(18)19)16-11-5-4-10(15)7-9(11)3-6-12(16)17/h4-5,7H,3,6,8,15H2,1-2H3,(H,18,19). The fraction of sp³-hybridized carbons (Fsp3) is 0.429. The van der Waals surface area contributed by atoms with Gasteiger partial charge in [0.05, 0.1) is 12.0 Å². The van der Waals surface area contributed by atoms with Crippen LogP contribution in [0.3, 0.4) is 0 Å². The zero-order chi connectivity index (χ0) is 14.2. The van der Waals surface area contributed by atoms with Gasteiger partial charge in [-0.3, -0.25) is 9.59 Å². The molecular formula is C14H18N2O3. The minimum absolute atomic E-state index is 0.0384. The number of benzene rings is 1. The highest BCUT2D eigenvalue weighted by Gasteiger charge is 2.37. The first-order chi connectivity index (χ1) is 8.81. The highest BCUT2D eigenvalue weighted by molar-refractivity contribution is 5.98. The number of aryl methyl sites for hydroxylation is 1. The van der Waals surface area contributed by atoms with Gasteiger partial charge in [-0.05, 0) is 44.0 Å². The highest BCUT2D eigenvalue weighted by Crippen LogP contribution is 2.35. The molecule has 1 amide bonds. The van der Waals surface area contributed by atoms with Gasteiger partial charge in [-0.25, -0.2) is 0 Å². The zero-order valence-electron chi connectivity index (χ0n) is 11.1. The van der Waals surface area contributed by atoms with E-state index in [4.69, 9.17) is 10.8 Å². The van der Waals surface area contributed by atoms with Gasteiger partial charge >= 0.3 is 5.97 Å². The monoisotopic (exact) mass is 262 g/mol. The van der Waals surface area contributed by atoms with Crippen LogP contribution in [-0.2, 0) is 16.0 Å². The smallest absolute Gasteiger partial charge is 0.305 e. The summed E-state index contributed by atoms with van der Waals surface area (Å²) >= 11 is 0. The summed E-state index contributed by atoms with van der Waals surface area (Å²) in [6.07, 6.45) is 0.945. The lowest BCUT2D eigenvalue weighted by atomic mass is 9.91. The number of hydrogen-bond donors (Lipinski definition) is 2. The van der Waals surface area contributed by atoms with E-state index in [9.17, 15) is 9.59 Å². The molecule has 1 aromatic rings. The maximum atomic E-state index is 12.2. The third kappa shape index (κ3) is 2.54. The summed E-state index contributed by atoms with van der Waals surface area (Å²) in [5, 5.41) is 9.00. The van der Waals surface area contributed by atoms with Crippen LogP contribution in [0.2, 0.25) is 0 Å². The summed E-state index contributed by atoms with van der Waals surface area (Å²) in [4.78, 5) is 24.7. The molecule has 0 fully saturated rings. The SMILES string of the molecule is CC(C)(CC(=O)O)N1C(=O)CCc2cc(N)ccc21. The first-order valence-electron chi connectivity index (χ1n) is 6.24. The van der Waals surface area contributed by atoms with Gasteiger partial charge in [-0.1, -0.05) is 0 Å². The van der Waals surface area contributed by atoms with Crippen LogP contribution < -0.4 is 10.6 Å². The molecule has 0 aliphatic carbocycles. The molecule has 0 bridgehead atoms. The first kappa shape index (κ1) is 13.4. The average molecular weight is 262 g/mol. The zero-order valence-corrected chi connectivity index (χ0v) is 11.1. The molecule has 2 rings (SSSR count). The van der Waals surface area contributed by atoms with Crippen molar-refractivity contribution < 1.29 is 14.7 Å². The molecule has 1 aliphatic heterocycles. The maximum Gasteiger partial charge on any atom is 0.305 e. The van der Waals surface area contributed by atoms with E-state index in [0.29, 0.717) is 18.5 Å². The molecule has 1 aromatic carbocycles. The van der Waals surface area contributed by atoms with Crippen molar-refractivity contribution in [1.29, 1.82) is 0 Å². The summed E-state index contributed by atoms with van der Waals surface area (Å²) in [7, 11) is 0. The lowest BCUT2D eigenvalue weighted by Gasteiger charge is -2.41. The molecule has 0 saturated carbocycles. The van der Waals surface area contributed by atoms with Crippen LogP contribution in [0.15, 0.2) is 18.2 Å². The number of rotatable bonds is 3. The average Bonchev–Trinajstić information content (AvgIpc) is 2.27. The predicted octanol–water partition coefficient (Wildman–Crippen LogP) is 1.80. The number of nitrogens with zero attached hydrogens (tertiary/aromatic N) is 1. The third-order valence-corrected chi connectivity index (χ3v) is 3.39. The van der Waals surface area contributed by atoms with Crippen molar-refractivity contribution in [2.24, 2.45) is 0 Å².